The maximum atomic E-state index is 12.0. The van der Waals surface area contributed by atoms with Gasteiger partial charge in [-0.2, -0.15) is 5.10 Å². The van der Waals surface area contributed by atoms with Crippen molar-refractivity contribution in [1.82, 2.24) is 9.78 Å². The Bertz CT molecular complexity index is 508. The average molecular weight is 326 g/mol. The number of aryl methyl sites for hydroxylation is 1. The van der Waals surface area contributed by atoms with E-state index in [0.29, 0.717) is 11.0 Å². The molecule has 0 amide bonds. The quantitative estimate of drug-likeness (QED) is 0.874. The van der Waals surface area contributed by atoms with Gasteiger partial charge in [0.15, 0.2) is 0 Å². The molecule has 104 valence electrons. The molecule has 0 atom stereocenters. The molecule has 1 N–H and O–H groups in total. The zero-order valence-corrected chi connectivity index (χ0v) is 12.8. The second-order valence-electron chi connectivity index (χ2n) is 5.71. The summed E-state index contributed by atoms with van der Waals surface area (Å²) in [5.74, 6) is 2.63. The lowest BCUT2D eigenvalue weighted by Gasteiger charge is -2.17. The van der Waals surface area contributed by atoms with Gasteiger partial charge in [0.05, 0.1) is 11.9 Å². The monoisotopic (exact) mass is 325 g/mol. The summed E-state index contributed by atoms with van der Waals surface area (Å²) in [6, 6.07) is 0. The molecule has 1 heterocycles. The van der Waals surface area contributed by atoms with Crippen LogP contribution in [0.2, 0.25) is 0 Å². The van der Waals surface area contributed by atoms with Gasteiger partial charge in [0.25, 0.3) is 5.56 Å². The summed E-state index contributed by atoms with van der Waals surface area (Å²) < 4.78 is 2.07. The molecule has 19 heavy (non-hydrogen) atoms. The highest BCUT2D eigenvalue weighted by Gasteiger charge is 2.41. The number of hydrogen-bond donors (Lipinski definition) is 1. The van der Waals surface area contributed by atoms with Crippen LogP contribution in [-0.2, 0) is 6.54 Å². The van der Waals surface area contributed by atoms with Crippen LogP contribution in [0.15, 0.2) is 15.5 Å². The highest BCUT2D eigenvalue weighted by atomic mass is 79.9. The summed E-state index contributed by atoms with van der Waals surface area (Å²) in [6.45, 7) is 3.50. The molecule has 4 nitrogen and oxygen atoms in total. The van der Waals surface area contributed by atoms with Crippen LogP contribution < -0.4 is 10.9 Å². The third kappa shape index (κ3) is 2.86. The first-order valence-corrected chi connectivity index (χ1v) is 7.99. The Kier molecular flexibility index (Phi) is 3.65. The van der Waals surface area contributed by atoms with Crippen LogP contribution in [0.3, 0.4) is 0 Å². The summed E-state index contributed by atoms with van der Waals surface area (Å²) in [7, 11) is 0. The van der Waals surface area contributed by atoms with Gasteiger partial charge in [-0.1, -0.05) is 0 Å². The fourth-order valence-electron chi connectivity index (χ4n) is 2.81. The van der Waals surface area contributed by atoms with Gasteiger partial charge in [-0.3, -0.25) is 4.79 Å². The van der Waals surface area contributed by atoms with Crippen molar-refractivity contribution in [2.24, 2.45) is 17.8 Å². The van der Waals surface area contributed by atoms with Gasteiger partial charge in [-0.05, 0) is 66.3 Å². The topological polar surface area (TPSA) is 46.9 Å². The molecule has 0 spiro atoms. The molecule has 2 aliphatic rings. The van der Waals surface area contributed by atoms with Gasteiger partial charge < -0.3 is 5.32 Å². The molecule has 2 aliphatic carbocycles. The molecule has 0 aromatic carbocycles. The maximum absolute atomic E-state index is 12.0. The zero-order valence-electron chi connectivity index (χ0n) is 11.2. The Morgan fingerprint density at radius 2 is 2.05 bits per heavy atom. The van der Waals surface area contributed by atoms with E-state index >= 15 is 0 Å². The Morgan fingerprint density at radius 1 is 1.42 bits per heavy atom. The first-order valence-electron chi connectivity index (χ1n) is 7.20. The highest BCUT2D eigenvalue weighted by molar-refractivity contribution is 9.10. The fraction of sp³-hybridized carbons (Fsp3) is 0.714. The van der Waals surface area contributed by atoms with Crippen LogP contribution >= 0.6 is 15.9 Å². The molecule has 3 rings (SSSR count). The third-order valence-corrected chi connectivity index (χ3v) is 5.03. The van der Waals surface area contributed by atoms with Gasteiger partial charge in [0.1, 0.15) is 4.47 Å². The Hall–Kier alpha value is -0.840. The van der Waals surface area contributed by atoms with Crippen molar-refractivity contribution in [1.29, 1.82) is 0 Å². The van der Waals surface area contributed by atoms with E-state index < -0.39 is 0 Å². The fourth-order valence-corrected chi connectivity index (χ4v) is 3.26. The lowest BCUT2D eigenvalue weighted by Crippen LogP contribution is -2.25. The van der Waals surface area contributed by atoms with Gasteiger partial charge in [-0.25, -0.2) is 4.68 Å². The normalized spacial score (nSPS) is 18.9. The SMILES string of the molecule is CCn1ncc(NCC(C2CC2)C2CC2)c(Br)c1=O. The van der Waals surface area contributed by atoms with Gasteiger partial charge in [0.2, 0.25) is 0 Å². The molecule has 2 saturated carbocycles. The van der Waals surface area contributed by atoms with Crippen LogP contribution in [0.5, 0.6) is 0 Å². The van der Waals surface area contributed by atoms with Crippen LogP contribution in [-0.4, -0.2) is 16.3 Å². The molecule has 0 bridgehead atoms. The van der Waals surface area contributed by atoms with E-state index in [1.54, 1.807) is 6.20 Å². The number of nitrogens with zero attached hydrogens (tertiary/aromatic N) is 2. The van der Waals surface area contributed by atoms with Crippen molar-refractivity contribution in [3.8, 4) is 0 Å². The van der Waals surface area contributed by atoms with Gasteiger partial charge in [0, 0.05) is 13.1 Å². The standard InChI is InChI=1S/C14H20BrN3O/c1-2-18-14(19)13(15)12(8-17-18)16-7-11(9-3-4-9)10-5-6-10/h8-11,16H,2-7H2,1H3. The molecular formula is C14H20BrN3O. The third-order valence-electron chi connectivity index (χ3n) is 4.27. The first-order chi connectivity index (χ1) is 9.20. The summed E-state index contributed by atoms with van der Waals surface area (Å²) in [4.78, 5) is 12.0. The minimum Gasteiger partial charge on any atom is -0.382 e. The number of rotatable bonds is 6. The molecule has 5 heteroatoms. The smallest absolute Gasteiger partial charge is 0.283 e. The van der Waals surface area contributed by atoms with E-state index in [2.05, 4.69) is 26.3 Å². The van der Waals surface area contributed by atoms with E-state index in [1.807, 2.05) is 6.92 Å². The van der Waals surface area contributed by atoms with Crippen molar-refractivity contribution < 1.29 is 0 Å². The lowest BCUT2D eigenvalue weighted by molar-refractivity contribution is 0.428. The number of hydrogen-bond acceptors (Lipinski definition) is 3. The molecule has 0 unspecified atom stereocenters. The molecule has 2 fully saturated rings. The minimum atomic E-state index is -0.0538. The van der Waals surface area contributed by atoms with Crippen LogP contribution in [0.4, 0.5) is 5.69 Å². The molecule has 0 aliphatic heterocycles. The summed E-state index contributed by atoms with van der Waals surface area (Å²) >= 11 is 3.39. The Balaban J connectivity index is 1.69. The van der Waals surface area contributed by atoms with Crippen molar-refractivity contribution in [3.63, 3.8) is 0 Å². The second-order valence-corrected chi connectivity index (χ2v) is 6.51. The predicted octanol–water partition coefficient (Wildman–Crippen LogP) is 2.87. The number of anilines is 1. The van der Waals surface area contributed by atoms with Crippen LogP contribution in [0.25, 0.3) is 0 Å². The largest absolute Gasteiger partial charge is 0.382 e. The average Bonchev–Trinajstić information content (AvgIpc) is 3.27. The van der Waals surface area contributed by atoms with Crippen molar-refractivity contribution in [2.45, 2.75) is 39.2 Å². The van der Waals surface area contributed by atoms with E-state index in [0.717, 1.165) is 30.0 Å². The minimum absolute atomic E-state index is 0.0538. The Morgan fingerprint density at radius 3 is 2.58 bits per heavy atom. The highest BCUT2D eigenvalue weighted by Crippen LogP contribution is 2.49. The van der Waals surface area contributed by atoms with E-state index in [9.17, 15) is 4.79 Å². The molecular weight excluding hydrogens is 306 g/mol. The first kappa shape index (κ1) is 13.2. The van der Waals surface area contributed by atoms with Gasteiger partial charge in [-0.15, -0.1) is 0 Å². The Labute approximate surface area is 121 Å². The zero-order chi connectivity index (χ0) is 13.4. The number of halogens is 1. The molecule has 0 radical (unpaired) electrons. The summed E-state index contributed by atoms with van der Waals surface area (Å²) in [5.41, 5.74) is 0.780. The molecule has 0 saturated heterocycles. The maximum Gasteiger partial charge on any atom is 0.283 e. The van der Waals surface area contributed by atoms with E-state index in [-0.39, 0.29) is 5.56 Å². The number of nitrogens with one attached hydrogen (secondary N) is 1. The van der Waals surface area contributed by atoms with Crippen LogP contribution in [0, 0.1) is 17.8 Å². The summed E-state index contributed by atoms with van der Waals surface area (Å²) in [5, 5.41) is 7.59. The molecule has 1 aromatic heterocycles. The van der Waals surface area contributed by atoms with Crippen LogP contribution in [0.1, 0.15) is 32.6 Å². The van der Waals surface area contributed by atoms with Crippen molar-refractivity contribution >= 4 is 21.6 Å². The van der Waals surface area contributed by atoms with E-state index in [1.165, 1.54) is 30.4 Å². The number of aromatic nitrogens is 2. The second kappa shape index (κ2) is 5.27. The molecule has 1 aromatic rings. The summed E-state index contributed by atoms with van der Waals surface area (Å²) in [6.07, 6.45) is 7.31. The predicted molar refractivity (Wildman–Crippen MR) is 79.3 cm³/mol. The lowest BCUT2D eigenvalue weighted by atomic mass is 9.98. The van der Waals surface area contributed by atoms with Gasteiger partial charge >= 0.3 is 0 Å². The van der Waals surface area contributed by atoms with E-state index in [4.69, 9.17) is 0 Å². The van der Waals surface area contributed by atoms with Crippen molar-refractivity contribution in [2.75, 3.05) is 11.9 Å². The van der Waals surface area contributed by atoms with Crippen molar-refractivity contribution in [3.05, 3.63) is 21.0 Å².